The average Bonchev–Trinajstić information content (AvgIpc) is 2.89. The third-order valence-corrected chi connectivity index (χ3v) is 8.29. The highest BCUT2D eigenvalue weighted by atomic mass is 32.7. The van der Waals surface area contributed by atoms with Crippen molar-refractivity contribution < 1.29 is 13.8 Å². The molecule has 0 aliphatic heterocycles. The molecule has 2 N–H and O–H groups in total. The van der Waals surface area contributed by atoms with Gasteiger partial charge in [0, 0.05) is 13.7 Å². The molecule has 3 aromatic rings. The number of benzene rings is 3. The predicted octanol–water partition coefficient (Wildman–Crippen LogP) is 7.06. The Kier molecular flexibility index (Phi) is 12.3. The van der Waals surface area contributed by atoms with Crippen molar-refractivity contribution >= 4 is 29.2 Å². The van der Waals surface area contributed by atoms with Gasteiger partial charge in [-0.05, 0) is 66.7 Å². The first-order chi connectivity index (χ1) is 16.8. The van der Waals surface area contributed by atoms with Crippen molar-refractivity contribution in [3.05, 3.63) is 102 Å². The standard InChI is InChI=1S/C26H29NO.C2H8NO2PS/c1-4-25(21-11-7-5-8-12-21)26(22-13-9-6-10-14-22)23-15-17-24(18-16-23)28-20-19-27(2)3;1-5-6(3,4)7-2/h5-18H,4,19-20H2,1-3H3;1-2H3,(H2,3,4)/b26-25-;. The summed E-state index contributed by atoms with van der Waals surface area (Å²) in [5.74, 6) is 0.913. The van der Waals surface area contributed by atoms with Crippen LogP contribution in [0.2, 0.25) is 0 Å². The molecular weight excluding hydrogens is 475 g/mol. The second-order valence-electron chi connectivity index (χ2n) is 8.02. The van der Waals surface area contributed by atoms with E-state index in [9.17, 15) is 4.57 Å². The Balaban J connectivity index is 0.000000540. The number of likely N-dealkylation sites (N-methyl/N-ethyl adjacent to an activating group) is 1. The Morgan fingerprint density at radius 1 is 0.886 bits per heavy atom. The first-order valence-electron chi connectivity index (χ1n) is 11.5. The minimum Gasteiger partial charge on any atom is -0.492 e. The second kappa shape index (κ2) is 14.9. The molecule has 0 amide bonds. The van der Waals surface area contributed by atoms with Crippen molar-refractivity contribution in [2.75, 3.05) is 40.6 Å². The fourth-order valence-electron chi connectivity index (χ4n) is 3.42. The molecule has 0 saturated carbocycles. The van der Waals surface area contributed by atoms with Gasteiger partial charge in [0.25, 0.3) is 0 Å². The minimum atomic E-state index is -2.74. The highest BCUT2D eigenvalue weighted by molar-refractivity contribution is 8.55. The van der Waals surface area contributed by atoms with Crippen LogP contribution in [0.3, 0.4) is 0 Å². The summed E-state index contributed by atoms with van der Waals surface area (Å²) in [6.07, 6.45) is 2.61. The molecule has 0 fully saturated rings. The molecule has 35 heavy (non-hydrogen) atoms. The van der Waals surface area contributed by atoms with E-state index in [0.29, 0.717) is 6.61 Å². The molecule has 0 heterocycles. The quantitative estimate of drug-likeness (QED) is 0.232. The van der Waals surface area contributed by atoms with Gasteiger partial charge in [-0.2, -0.15) is 0 Å². The van der Waals surface area contributed by atoms with Gasteiger partial charge in [0.2, 0.25) is 0 Å². The van der Waals surface area contributed by atoms with E-state index < -0.39 is 6.72 Å². The second-order valence-corrected chi connectivity index (χ2v) is 12.5. The number of allylic oxidation sites excluding steroid dienone is 1. The number of rotatable bonds is 10. The molecule has 0 aliphatic carbocycles. The van der Waals surface area contributed by atoms with Gasteiger partial charge in [-0.1, -0.05) is 91.1 Å². The Hall–Kier alpha value is -2.34. The SMILES string of the molecule is CC/C(=C(\c1ccccc1)c1ccc(OCCN(C)C)cc1)c1ccccc1.COP(N)(=O)SC. The topological polar surface area (TPSA) is 64.8 Å². The van der Waals surface area contributed by atoms with E-state index in [4.69, 9.17) is 10.2 Å². The Labute approximate surface area is 214 Å². The van der Waals surface area contributed by atoms with Gasteiger partial charge in [-0.3, -0.25) is 10.1 Å². The van der Waals surface area contributed by atoms with Crippen molar-refractivity contribution in [3.63, 3.8) is 0 Å². The van der Waals surface area contributed by atoms with E-state index in [1.54, 1.807) is 6.26 Å². The maximum atomic E-state index is 10.5. The van der Waals surface area contributed by atoms with Gasteiger partial charge in [0.15, 0.2) is 0 Å². The van der Waals surface area contributed by atoms with E-state index in [-0.39, 0.29) is 0 Å². The summed E-state index contributed by atoms with van der Waals surface area (Å²) in [6.45, 7) is 1.09. The van der Waals surface area contributed by atoms with Crippen LogP contribution >= 0.6 is 18.1 Å². The molecule has 0 radical (unpaired) electrons. The molecule has 5 nitrogen and oxygen atoms in total. The lowest BCUT2D eigenvalue weighted by atomic mass is 9.88. The van der Waals surface area contributed by atoms with Crippen molar-refractivity contribution in [2.45, 2.75) is 13.3 Å². The number of hydrogen-bond acceptors (Lipinski definition) is 5. The number of ether oxygens (including phenoxy) is 1. The molecule has 1 atom stereocenters. The zero-order valence-corrected chi connectivity index (χ0v) is 23.0. The minimum absolute atomic E-state index is 0.692. The van der Waals surface area contributed by atoms with Crippen LogP contribution in [0.4, 0.5) is 0 Å². The molecule has 0 bridgehead atoms. The lowest BCUT2D eigenvalue weighted by Gasteiger charge is -2.17. The third kappa shape index (κ3) is 9.67. The van der Waals surface area contributed by atoms with Gasteiger partial charge in [0.05, 0.1) is 0 Å². The van der Waals surface area contributed by atoms with Crippen molar-refractivity contribution in [2.24, 2.45) is 5.50 Å². The van der Waals surface area contributed by atoms with Crippen LogP contribution in [-0.4, -0.2) is 45.5 Å². The molecular formula is C28H37N2O3PS. The third-order valence-electron chi connectivity index (χ3n) is 5.30. The van der Waals surface area contributed by atoms with Gasteiger partial charge in [-0.15, -0.1) is 0 Å². The van der Waals surface area contributed by atoms with E-state index in [0.717, 1.165) is 30.1 Å². The maximum absolute atomic E-state index is 10.5. The highest BCUT2D eigenvalue weighted by Crippen LogP contribution is 2.48. The zero-order chi connectivity index (χ0) is 25.7. The maximum Gasteiger partial charge on any atom is 0.323 e. The van der Waals surface area contributed by atoms with Crippen LogP contribution in [0.15, 0.2) is 84.9 Å². The Bertz CT molecular complexity index is 1080. The van der Waals surface area contributed by atoms with Crippen LogP contribution in [0.25, 0.3) is 11.1 Å². The Morgan fingerprint density at radius 2 is 1.40 bits per heavy atom. The van der Waals surface area contributed by atoms with Crippen LogP contribution in [0.1, 0.15) is 30.0 Å². The number of hydrogen-bond donors (Lipinski definition) is 1. The van der Waals surface area contributed by atoms with Gasteiger partial charge >= 0.3 is 6.72 Å². The lowest BCUT2D eigenvalue weighted by molar-refractivity contribution is 0.261. The number of nitrogens with two attached hydrogens (primary N) is 1. The van der Waals surface area contributed by atoms with Crippen LogP contribution < -0.4 is 10.2 Å². The summed E-state index contributed by atoms with van der Waals surface area (Å²) in [6, 6.07) is 29.8. The van der Waals surface area contributed by atoms with Crippen LogP contribution in [-0.2, 0) is 9.09 Å². The predicted molar refractivity (Wildman–Crippen MR) is 152 cm³/mol. The van der Waals surface area contributed by atoms with Gasteiger partial charge < -0.3 is 14.2 Å². The largest absolute Gasteiger partial charge is 0.492 e. The summed E-state index contributed by atoms with van der Waals surface area (Å²) >= 11 is 1.04. The molecule has 0 aliphatic rings. The molecule has 0 saturated heterocycles. The van der Waals surface area contributed by atoms with Gasteiger partial charge in [0.1, 0.15) is 12.4 Å². The van der Waals surface area contributed by atoms with Crippen molar-refractivity contribution in [3.8, 4) is 5.75 Å². The van der Waals surface area contributed by atoms with E-state index in [2.05, 4.69) is 115 Å². The molecule has 0 spiro atoms. The van der Waals surface area contributed by atoms with Crippen molar-refractivity contribution in [1.82, 2.24) is 4.90 Å². The van der Waals surface area contributed by atoms with Crippen LogP contribution in [0, 0.1) is 0 Å². The smallest absolute Gasteiger partial charge is 0.323 e. The molecule has 3 rings (SSSR count). The average molecular weight is 513 g/mol. The van der Waals surface area contributed by atoms with E-state index in [1.807, 2.05) is 0 Å². The molecule has 3 aromatic carbocycles. The monoisotopic (exact) mass is 512 g/mol. The Morgan fingerprint density at radius 3 is 1.83 bits per heavy atom. The van der Waals surface area contributed by atoms with E-state index >= 15 is 0 Å². The normalized spacial score (nSPS) is 13.3. The fraction of sp³-hybridized carbons (Fsp3) is 0.286. The molecule has 0 aromatic heterocycles. The first kappa shape index (κ1) is 28.9. The summed E-state index contributed by atoms with van der Waals surface area (Å²) in [5.41, 5.74) is 11.4. The zero-order valence-electron chi connectivity index (χ0n) is 21.3. The lowest BCUT2D eigenvalue weighted by Crippen LogP contribution is -2.19. The van der Waals surface area contributed by atoms with Gasteiger partial charge in [-0.25, -0.2) is 0 Å². The number of nitrogens with zero attached hydrogens (tertiary/aromatic N) is 1. The van der Waals surface area contributed by atoms with Crippen LogP contribution in [0.5, 0.6) is 5.75 Å². The highest BCUT2D eigenvalue weighted by Gasteiger charge is 2.13. The first-order valence-corrected chi connectivity index (χ1v) is 15.1. The van der Waals surface area contributed by atoms with Crippen molar-refractivity contribution in [1.29, 1.82) is 0 Å². The van der Waals surface area contributed by atoms with E-state index in [1.165, 1.54) is 34.9 Å². The summed E-state index contributed by atoms with van der Waals surface area (Å²) in [4.78, 5) is 2.12. The molecule has 7 heteroatoms. The summed E-state index contributed by atoms with van der Waals surface area (Å²) in [7, 11) is 5.44. The molecule has 188 valence electrons. The summed E-state index contributed by atoms with van der Waals surface area (Å²) in [5, 5.41) is 0. The summed E-state index contributed by atoms with van der Waals surface area (Å²) < 4.78 is 20.7. The fourth-order valence-corrected chi connectivity index (χ4v) is 4.02. The molecule has 1 unspecified atom stereocenters.